The highest BCUT2D eigenvalue weighted by Crippen LogP contribution is 2.35. The van der Waals surface area contributed by atoms with Crippen molar-refractivity contribution >= 4 is 16.3 Å². The lowest BCUT2D eigenvalue weighted by atomic mass is 10.2. The maximum Gasteiger partial charge on any atom is 0.126 e. The number of aromatic nitrogens is 3. The van der Waals surface area contributed by atoms with Crippen LogP contribution in [0.2, 0.25) is 0 Å². The van der Waals surface area contributed by atoms with Crippen molar-refractivity contribution in [2.45, 2.75) is 0 Å². The van der Waals surface area contributed by atoms with Crippen LogP contribution in [0.5, 0.6) is 0 Å². The van der Waals surface area contributed by atoms with E-state index in [0.717, 1.165) is 26.8 Å². The molecule has 0 aliphatic heterocycles. The molecule has 3 aromatic rings. The van der Waals surface area contributed by atoms with Crippen molar-refractivity contribution in [3.05, 3.63) is 42.7 Å². The molecule has 2 N–H and O–H groups in total. The zero-order chi connectivity index (χ0) is 12.5. The molecular weight excluding hydrogens is 244 g/mol. The number of hydrogen-bond donors (Lipinski definition) is 1. The summed E-state index contributed by atoms with van der Waals surface area (Å²) < 4.78 is 1.75. The summed E-state index contributed by atoms with van der Waals surface area (Å²) in [5.41, 5.74) is 8.89. The van der Waals surface area contributed by atoms with Gasteiger partial charge in [0.05, 0.1) is 6.20 Å². The standard InChI is InChI=1S/C13H12N4S/c1-17-8-10(7-15-17)11-12(14)18-13(16-11)9-5-3-2-4-6-9/h2-8H,14H2,1H3. The summed E-state index contributed by atoms with van der Waals surface area (Å²) in [6.45, 7) is 0. The number of nitrogen functional groups attached to an aromatic ring is 1. The molecule has 0 amide bonds. The number of nitrogens with two attached hydrogens (primary N) is 1. The van der Waals surface area contributed by atoms with Crippen molar-refractivity contribution in [1.29, 1.82) is 0 Å². The highest BCUT2D eigenvalue weighted by Gasteiger charge is 2.12. The Hall–Kier alpha value is -2.14. The van der Waals surface area contributed by atoms with Crippen LogP contribution < -0.4 is 5.73 Å². The minimum atomic E-state index is 0.724. The smallest absolute Gasteiger partial charge is 0.126 e. The third-order valence-corrected chi connectivity index (χ3v) is 3.59. The quantitative estimate of drug-likeness (QED) is 0.767. The maximum atomic E-state index is 6.04. The summed E-state index contributed by atoms with van der Waals surface area (Å²) in [6.07, 6.45) is 3.69. The lowest BCUT2D eigenvalue weighted by Crippen LogP contribution is -1.85. The molecule has 0 saturated carbocycles. The number of rotatable bonds is 2. The largest absolute Gasteiger partial charge is 0.389 e. The van der Waals surface area contributed by atoms with E-state index >= 15 is 0 Å². The van der Waals surface area contributed by atoms with Crippen LogP contribution in [0.4, 0.5) is 5.00 Å². The van der Waals surface area contributed by atoms with Gasteiger partial charge < -0.3 is 5.73 Å². The second kappa shape index (κ2) is 4.27. The van der Waals surface area contributed by atoms with Crippen molar-refractivity contribution in [3.8, 4) is 21.8 Å². The molecule has 2 aromatic heterocycles. The summed E-state index contributed by atoms with van der Waals surface area (Å²) >= 11 is 1.50. The van der Waals surface area contributed by atoms with Crippen molar-refractivity contribution < 1.29 is 0 Å². The van der Waals surface area contributed by atoms with Gasteiger partial charge in [-0.15, -0.1) is 0 Å². The first-order valence-electron chi connectivity index (χ1n) is 5.55. The van der Waals surface area contributed by atoms with E-state index < -0.39 is 0 Å². The highest BCUT2D eigenvalue weighted by atomic mass is 32.1. The fourth-order valence-electron chi connectivity index (χ4n) is 1.79. The Labute approximate surface area is 109 Å². The molecule has 0 radical (unpaired) electrons. The molecule has 5 heteroatoms. The minimum absolute atomic E-state index is 0.724. The van der Waals surface area contributed by atoms with Gasteiger partial charge in [-0.2, -0.15) is 5.10 Å². The molecule has 4 nitrogen and oxygen atoms in total. The molecule has 0 aliphatic rings. The second-order valence-corrected chi connectivity index (χ2v) is 5.03. The monoisotopic (exact) mass is 256 g/mol. The molecule has 0 fully saturated rings. The Morgan fingerprint density at radius 2 is 1.94 bits per heavy atom. The fourth-order valence-corrected chi connectivity index (χ4v) is 2.65. The van der Waals surface area contributed by atoms with E-state index in [0.29, 0.717) is 0 Å². The average molecular weight is 256 g/mol. The van der Waals surface area contributed by atoms with Gasteiger partial charge in [0, 0.05) is 24.4 Å². The van der Waals surface area contributed by atoms with Crippen LogP contribution in [-0.4, -0.2) is 14.8 Å². The van der Waals surface area contributed by atoms with Crippen molar-refractivity contribution in [2.24, 2.45) is 7.05 Å². The Bertz CT molecular complexity index is 669. The first-order valence-corrected chi connectivity index (χ1v) is 6.36. The Balaban J connectivity index is 2.06. The predicted octanol–water partition coefficient (Wildman–Crippen LogP) is 2.79. The average Bonchev–Trinajstić information content (AvgIpc) is 2.97. The second-order valence-electron chi connectivity index (χ2n) is 4.00. The summed E-state index contributed by atoms with van der Waals surface area (Å²) in [4.78, 5) is 4.60. The van der Waals surface area contributed by atoms with Gasteiger partial charge in [0.2, 0.25) is 0 Å². The van der Waals surface area contributed by atoms with Gasteiger partial charge in [-0.25, -0.2) is 4.98 Å². The van der Waals surface area contributed by atoms with Crippen LogP contribution in [0.3, 0.4) is 0 Å². The fraction of sp³-hybridized carbons (Fsp3) is 0.0769. The summed E-state index contributed by atoms with van der Waals surface area (Å²) in [7, 11) is 1.88. The molecule has 0 unspecified atom stereocenters. The number of anilines is 1. The lowest BCUT2D eigenvalue weighted by molar-refractivity contribution is 0.768. The summed E-state index contributed by atoms with van der Waals surface area (Å²) in [5, 5.41) is 5.80. The number of nitrogens with zero attached hydrogens (tertiary/aromatic N) is 3. The Morgan fingerprint density at radius 3 is 2.61 bits per heavy atom. The lowest BCUT2D eigenvalue weighted by Gasteiger charge is -1.93. The molecule has 0 saturated heterocycles. The molecule has 3 rings (SSSR count). The number of aryl methyl sites for hydroxylation is 1. The van der Waals surface area contributed by atoms with Crippen LogP contribution in [0.25, 0.3) is 21.8 Å². The van der Waals surface area contributed by atoms with Gasteiger partial charge in [0.25, 0.3) is 0 Å². The normalized spacial score (nSPS) is 10.7. The number of hydrogen-bond acceptors (Lipinski definition) is 4. The van der Waals surface area contributed by atoms with E-state index in [4.69, 9.17) is 5.73 Å². The van der Waals surface area contributed by atoms with Gasteiger partial charge in [0.1, 0.15) is 15.7 Å². The van der Waals surface area contributed by atoms with Gasteiger partial charge in [-0.05, 0) is 0 Å². The van der Waals surface area contributed by atoms with E-state index in [1.165, 1.54) is 11.3 Å². The summed E-state index contributed by atoms with van der Waals surface area (Å²) in [5.74, 6) is 0. The minimum Gasteiger partial charge on any atom is -0.389 e. The van der Waals surface area contributed by atoms with Crippen LogP contribution >= 0.6 is 11.3 Å². The zero-order valence-electron chi connectivity index (χ0n) is 9.87. The molecule has 90 valence electrons. The third kappa shape index (κ3) is 1.89. The highest BCUT2D eigenvalue weighted by molar-refractivity contribution is 7.19. The van der Waals surface area contributed by atoms with Gasteiger partial charge in [0.15, 0.2) is 0 Å². The molecule has 2 heterocycles. The van der Waals surface area contributed by atoms with Crippen LogP contribution in [0, 0.1) is 0 Å². The molecule has 0 atom stereocenters. The first kappa shape index (κ1) is 11.0. The molecule has 0 aliphatic carbocycles. The van der Waals surface area contributed by atoms with Gasteiger partial charge >= 0.3 is 0 Å². The van der Waals surface area contributed by atoms with E-state index in [-0.39, 0.29) is 0 Å². The molecule has 0 bridgehead atoms. The van der Waals surface area contributed by atoms with Crippen LogP contribution in [-0.2, 0) is 7.05 Å². The number of thiazole rings is 1. The van der Waals surface area contributed by atoms with E-state index in [1.54, 1.807) is 10.9 Å². The topological polar surface area (TPSA) is 56.7 Å². The Kier molecular flexibility index (Phi) is 2.60. The van der Waals surface area contributed by atoms with Crippen molar-refractivity contribution in [2.75, 3.05) is 5.73 Å². The van der Waals surface area contributed by atoms with Crippen molar-refractivity contribution in [3.63, 3.8) is 0 Å². The Morgan fingerprint density at radius 1 is 1.17 bits per heavy atom. The van der Waals surface area contributed by atoms with Crippen LogP contribution in [0.1, 0.15) is 0 Å². The van der Waals surface area contributed by atoms with E-state index in [1.807, 2.05) is 43.6 Å². The maximum absolute atomic E-state index is 6.04. The molecule has 0 spiro atoms. The van der Waals surface area contributed by atoms with E-state index in [9.17, 15) is 0 Å². The molecule has 18 heavy (non-hydrogen) atoms. The predicted molar refractivity (Wildman–Crippen MR) is 74.2 cm³/mol. The van der Waals surface area contributed by atoms with Crippen LogP contribution in [0.15, 0.2) is 42.7 Å². The molecule has 1 aromatic carbocycles. The third-order valence-electron chi connectivity index (χ3n) is 2.65. The molecular formula is C13H12N4S. The first-order chi connectivity index (χ1) is 8.74. The zero-order valence-corrected chi connectivity index (χ0v) is 10.7. The summed E-state index contributed by atoms with van der Waals surface area (Å²) in [6, 6.07) is 10.0. The number of benzene rings is 1. The van der Waals surface area contributed by atoms with Gasteiger partial charge in [-0.1, -0.05) is 41.7 Å². The van der Waals surface area contributed by atoms with Gasteiger partial charge in [-0.3, -0.25) is 4.68 Å². The van der Waals surface area contributed by atoms with E-state index in [2.05, 4.69) is 10.1 Å². The van der Waals surface area contributed by atoms with Crippen molar-refractivity contribution in [1.82, 2.24) is 14.8 Å². The SMILES string of the molecule is Cn1cc(-c2nc(-c3ccccc3)sc2N)cn1.